The Morgan fingerprint density at radius 1 is 1.42 bits per heavy atom. The van der Waals surface area contributed by atoms with Gasteiger partial charge >= 0.3 is 5.97 Å². The number of carboxylic acid groups (broad SMARTS) is 1. The lowest BCUT2D eigenvalue weighted by Gasteiger charge is -2.33. The fourth-order valence-corrected chi connectivity index (χ4v) is 2.69. The summed E-state index contributed by atoms with van der Waals surface area (Å²) in [6.07, 6.45) is 2.19. The van der Waals surface area contributed by atoms with Crippen LogP contribution in [-0.4, -0.2) is 61.9 Å². The topological polar surface area (TPSA) is 85.3 Å². The Kier molecular flexibility index (Phi) is 5.81. The van der Waals surface area contributed by atoms with Crippen LogP contribution in [0, 0.1) is 0 Å². The number of nitrogens with zero attached hydrogens (tertiary/aromatic N) is 1. The summed E-state index contributed by atoms with van der Waals surface area (Å²) in [6.45, 7) is 4.21. The molecule has 1 amide bonds. The van der Waals surface area contributed by atoms with E-state index in [1.165, 1.54) is 19.1 Å². The Morgan fingerprint density at radius 3 is 2.75 bits per heavy atom. The van der Waals surface area contributed by atoms with Crippen molar-refractivity contribution >= 4 is 11.9 Å². The average Bonchev–Trinajstić information content (AvgIpc) is 2.60. The van der Waals surface area contributed by atoms with E-state index in [0.29, 0.717) is 30.1 Å². The van der Waals surface area contributed by atoms with Crippen molar-refractivity contribution in [1.82, 2.24) is 4.90 Å². The van der Waals surface area contributed by atoms with Gasteiger partial charge in [0.2, 0.25) is 0 Å². The normalized spacial score (nSPS) is 17.2. The van der Waals surface area contributed by atoms with Gasteiger partial charge in [0.15, 0.2) is 17.5 Å². The van der Waals surface area contributed by atoms with Crippen LogP contribution in [0.5, 0.6) is 11.5 Å². The second kappa shape index (κ2) is 7.83. The molecule has 7 heteroatoms. The number of benzene rings is 1. The third-order valence-corrected chi connectivity index (χ3v) is 3.84. The molecule has 1 aliphatic rings. The molecule has 1 N–H and O–H groups in total. The quantitative estimate of drug-likeness (QED) is 0.790. The Morgan fingerprint density at radius 2 is 2.17 bits per heavy atom. The highest BCUT2D eigenvalue weighted by molar-refractivity contribution is 5.97. The Bertz CT molecular complexity index is 642. The van der Waals surface area contributed by atoms with Crippen molar-refractivity contribution in [3.05, 3.63) is 35.9 Å². The van der Waals surface area contributed by atoms with Crippen molar-refractivity contribution < 1.29 is 28.9 Å². The monoisotopic (exact) mass is 335 g/mol. The number of carbonyl (C=O) groups excluding carboxylic acids is 1. The summed E-state index contributed by atoms with van der Waals surface area (Å²) in [7, 11) is 3.01. The van der Waals surface area contributed by atoms with E-state index in [1.54, 1.807) is 18.2 Å². The molecule has 0 bridgehead atoms. The van der Waals surface area contributed by atoms with Gasteiger partial charge in [-0.15, -0.1) is 6.58 Å². The molecule has 1 unspecified atom stereocenters. The van der Waals surface area contributed by atoms with Crippen LogP contribution in [-0.2, 0) is 16.0 Å². The summed E-state index contributed by atoms with van der Waals surface area (Å²) in [4.78, 5) is 25.5. The minimum atomic E-state index is -1.09. The predicted molar refractivity (Wildman–Crippen MR) is 86.7 cm³/mol. The molecule has 1 aromatic carbocycles. The molecule has 1 atom stereocenters. The second-order valence-electron chi connectivity index (χ2n) is 5.29. The van der Waals surface area contributed by atoms with E-state index < -0.39 is 12.0 Å². The van der Waals surface area contributed by atoms with Crippen molar-refractivity contribution in [3.63, 3.8) is 0 Å². The van der Waals surface area contributed by atoms with Crippen LogP contribution < -0.4 is 9.47 Å². The van der Waals surface area contributed by atoms with E-state index in [1.807, 2.05) is 0 Å². The zero-order valence-corrected chi connectivity index (χ0v) is 13.8. The maximum Gasteiger partial charge on any atom is 0.328 e. The highest BCUT2D eigenvalue weighted by Gasteiger charge is 2.33. The SMILES string of the molecule is C=CCc1cc(C(=O)N2CCOCC2C(=O)O)cc(OC)c1OC. The first-order chi connectivity index (χ1) is 11.5. The van der Waals surface area contributed by atoms with Crippen LogP contribution in [0.1, 0.15) is 15.9 Å². The number of carbonyl (C=O) groups is 2. The number of allylic oxidation sites excluding steroid dienone is 1. The molecule has 1 heterocycles. The molecule has 0 spiro atoms. The fraction of sp³-hybridized carbons (Fsp3) is 0.412. The minimum Gasteiger partial charge on any atom is -0.493 e. The lowest BCUT2D eigenvalue weighted by molar-refractivity contribution is -0.147. The standard InChI is InChI=1S/C17H21NO6/c1-4-5-11-8-12(9-14(22-2)15(11)23-3)16(19)18-6-7-24-10-13(18)17(20)21/h4,8-9,13H,1,5-7,10H2,2-3H3,(H,20,21). The van der Waals surface area contributed by atoms with Crippen molar-refractivity contribution in [2.45, 2.75) is 12.5 Å². The first-order valence-corrected chi connectivity index (χ1v) is 7.50. The highest BCUT2D eigenvalue weighted by atomic mass is 16.5. The zero-order valence-electron chi connectivity index (χ0n) is 13.8. The number of carboxylic acids is 1. The molecule has 130 valence electrons. The van der Waals surface area contributed by atoms with Gasteiger partial charge in [0.05, 0.1) is 27.4 Å². The molecule has 1 saturated heterocycles. The number of methoxy groups -OCH3 is 2. The number of rotatable bonds is 6. The van der Waals surface area contributed by atoms with Crippen molar-refractivity contribution in [3.8, 4) is 11.5 Å². The molecule has 7 nitrogen and oxygen atoms in total. The van der Waals surface area contributed by atoms with E-state index in [9.17, 15) is 14.7 Å². The molecular weight excluding hydrogens is 314 g/mol. The molecule has 1 aliphatic heterocycles. The fourth-order valence-electron chi connectivity index (χ4n) is 2.69. The van der Waals surface area contributed by atoms with E-state index >= 15 is 0 Å². The average molecular weight is 335 g/mol. The van der Waals surface area contributed by atoms with Crippen LogP contribution in [0.15, 0.2) is 24.8 Å². The van der Waals surface area contributed by atoms with Gasteiger partial charge in [-0.1, -0.05) is 6.08 Å². The molecule has 1 aromatic rings. The number of ether oxygens (including phenoxy) is 3. The summed E-state index contributed by atoms with van der Waals surface area (Å²) < 4.78 is 15.8. The molecule has 1 fully saturated rings. The van der Waals surface area contributed by atoms with E-state index in [2.05, 4.69) is 6.58 Å². The smallest absolute Gasteiger partial charge is 0.328 e. The van der Waals surface area contributed by atoms with Gasteiger partial charge in [-0.2, -0.15) is 0 Å². The lowest BCUT2D eigenvalue weighted by Crippen LogP contribution is -2.52. The number of hydrogen-bond donors (Lipinski definition) is 1. The third-order valence-electron chi connectivity index (χ3n) is 3.84. The van der Waals surface area contributed by atoms with E-state index in [-0.39, 0.29) is 19.1 Å². The lowest BCUT2D eigenvalue weighted by atomic mass is 10.0. The van der Waals surface area contributed by atoms with Crippen LogP contribution >= 0.6 is 0 Å². The van der Waals surface area contributed by atoms with Gasteiger partial charge in [-0.25, -0.2) is 4.79 Å². The van der Waals surface area contributed by atoms with E-state index in [0.717, 1.165) is 5.56 Å². The van der Waals surface area contributed by atoms with Gasteiger partial charge in [0.25, 0.3) is 5.91 Å². The molecule has 2 rings (SSSR count). The highest BCUT2D eigenvalue weighted by Crippen LogP contribution is 2.33. The summed E-state index contributed by atoms with van der Waals surface area (Å²) in [5.41, 5.74) is 1.09. The van der Waals surface area contributed by atoms with Gasteiger partial charge in [0, 0.05) is 17.7 Å². The Balaban J connectivity index is 2.42. The van der Waals surface area contributed by atoms with Crippen LogP contribution in [0.3, 0.4) is 0 Å². The largest absolute Gasteiger partial charge is 0.493 e. The maximum atomic E-state index is 12.8. The molecule has 0 aromatic heterocycles. The van der Waals surface area contributed by atoms with Crippen molar-refractivity contribution in [2.24, 2.45) is 0 Å². The summed E-state index contributed by atoms with van der Waals surface area (Å²) in [5, 5.41) is 9.29. The van der Waals surface area contributed by atoms with Gasteiger partial charge in [0.1, 0.15) is 0 Å². The van der Waals surface area contributed by atoms with Gasteiger partial charge in [-0.05, 0) is 18.6 Å². The van der Waals surface area contributed by atoms with E-state index in [4.69, 9.17) is 14.2 Å². The second-order valence-corrected chi connectivity index (χ2v) is 5.29. The summed E-state index contributed by atoms with van der Waals surface area (Å²) >= 11 is 0. The van der Waals surface area contributed by atoms with Crippen molar-refractivity contribution in [2.75, 3.05) is 34.0 Å². The number of aliphatic carboxylic acids is 1. The van der Waals surface area contributed by atoms with Crippen LogP contribution in [0.25, 0.3) is 0 Å². The summed E-state index contributed by atoms with van der Waals surface area (Å²) in [5.74, 6) is -0.516. The minimum absolute atomic E-state index is 0.0200. The van der Waals surface area contributed by atoms with Gasteiger partial charge in [-0.3, -0.25) is 4.79 Å². The first kappa shape index (κ1) is 17.8. The Hall–Kier alpha value is -2.54. The third kappa shape index (κ3) is 3.51. The Labute approximate surface area is 140 Å². The first-order valence-electron chi connectivity index (χ1n) is 7.50. The molecule has 0 saturated carbocycles. The van der Waals surface area contributed by atoms with Crippen LogP contribution in [0.4, 0.5) is 0 Å². The molecule has 24 heavy (non-hydrogen) atoms. The van der Waals surface area contributed by atoms with Crippen LogP contribution in [0.2, 0.25) is 0 Å². The molecule has 0 aliphatic carbocycles. The predicted octanol–water partition coefficient (Wildman–Crippen LogP) is 1.36. The number of amides is 1. The zero-order chi connectivity index (χ0) is 17.7. The van der Waals surface area contributed by atoms with Gasteiger partial charge < -0.3 is 24.2 Å². The number of hydrogen-bond acceptors (Lipinski definition) is 5. The molecular formula is C17H21NO6. The summed E-state index contributed by atoms with van der Waals surface area (Å²) in [6, 6.07) is 2.24. The number of morpholine rings is 1. The van der Waals surface area contributed by atoms with Crippen molar-refractivity contribution in [1.29, 1.82) is 0 Å². The maximum absolute atomic E-state index is 12.8. The molecule has 0 radical (unpaired) electrons.